The van der Waals surface area contributed by atoms with Crippen LogP contribution in [0.5, 0.6) is 0 Å². The van der Waals surface area contributed by atoms with Crippen LogP contribution in [0.15, 0.2) is 0 Å². The molecule has 0 heterocycles. The van der Waals surface area contributed by atoms with Gasteiger partial charge in [0, 0.05) is 0 Å². The maximum atomic E-state index is 3.48. The first-order valence-corrected chi connectivity index (χ1v) is 643. The molecule has 0 aromatic heterocycles. The van der Waals surface area contributed by atoms with Crippen LogP contribution in [0.4, 0.5) is 0 Å². The van der Waals surface area contributed by atoms with Gasteiger partial charge >= 0.3 is 1350 Å². The third kappa shape index (κ3) is 71.5. The van der Waals surface area contributed by atoms with Crippen molar-refractivity contribution in [3.63, 3.8) is 0 Å². The fourth-order valence-electron chi connectivity index (χ4n) is 1.47. The van der Waals surface area contributed by atoms with Crippen LogP contribution in [-0.2, 0) is 0 Å². The van der Waals surface area contributed by atoms with Crippen molar-refractivity contribution in [1.29, 1.82) is 0 Å². The van der Waals surface area contributed by atoms with Crippen LogP contribution < -0.4 is 13.3 Å². The molecular formula is I101-. The van der Waals surface area contributed by atoms with Crippen LogP contribution in [0.1, 0.15) is 0 Å². The molecule has 0 saturated carbocycles. The second-order valence-electron chi connectivity index (χ2n) is 7.99. The monoisotopic (exact) mass is 12800 g/mol. The molecule has 0 atom stereocenters. The summed E-state index contributed by atoms with van der Waals surface area (Å²) in [7, 11) is -29.9. The minimum absolute atomic E-state index is 0.423. The number of rotatable bonds is 49. The molecule has 0 nitrogen and oxygen atoms in total. The molecule has 0 fully saturated rings. The van der Waals surface area contributed by atoms with Crippen molar-refractivity contribution >= 4 is 1340 Å². The summed E-state index contributed by atoms with van der Waals surface area (Å²) in [5, 5.41) is 0. The van der Waals surface area contributed by atoms with E-state index in [9.17, 15) is 0 Å². The number of hydrogen-bond donors (Lipinski definition) is 0. The van der Waals surface area contributed by atoms with Crippen molar-refractivity contribution in [1.82, 2.24) is 0 Å². The van der Waals surface area contributed by atoms with Gasteiger partial charge in [-0.1, -0.05) is 0 Å². The quantitative estimate of drug-likeness (QED) is 0.0533. The van der Waals surface area contributed by atoms with Gasteiger partial charge in [0.15, 0.2) is 0 Å². The van der Waals surface area contributed by atoms with Crippen LogP contribution >= 0.6 is 1340 Å². The van der Waals surface area contributed by atoms with Gasteiger partial charge in [-0.15, -0.1) is 0 Å². The van der Waals surface area contributed by atoms with Crippen LogP contribution in [0.3, 0.4) is 0 Å². The van der Waals surface area contributed by atoms with E-state index in [0.717, 1.165) is 0 Å². The third-order valence-corrected chi connectivity index (χ3v) is 8020. The van der Waals surface area contributed by atoms with E-state index in [4.69, 9.17) is 0 Å². The molecule has 0 radical (unpaired) electrons. The Kier molecular flexibility index (Phi) is 182. The van der Waals surface area contributed by atoms with Crippen molar-refractivity contribution in [2.24, 2.45) is 0 Å². The fourth-order valence-corrected chi connectivity index (χ4v) is 19900. The SMILES string of the molecule is I[I-]I(I)I(I)I(I)I(I)I(I)I(I)I(I)I(I)I(I)I(I)I(I)I(I)I(I)I(I)I(I)I(I)I(I)I(I)I(I)I(I)I(I)I(I)I(I)I(I)I(I)I(I)I(I)I(I)I(I)I(I)I(I)I(I)I(I)I(I)I(I)I(I)I(I)I(I)I(I)I(I)I(I)I(I)I(I)I(I)I(I)I(I)I(I)I(I)I(I)I. The van der Waals surface area contributed by atoms with Gasteiger partial charge < -0.3 is 0 Å². The van der Waals surface area contributed by atoms with Crippen molar-refractivity contribution in [2.75, 3.05) is 0 Å². The molecule has 0 unspecified atom stereocenters. The van der Waals surface area contributed by atoms with E-state index in [1.165, 1.54) is 0 Å². The zero-order valence-electron chi connectivity index (χ0n) is 38.2. The zero-order valence-corrected chi connectivity index (χ0v) is 256. The van der Waals surface area contributed by atoms with Gasteiger partial charge in [0.25, 0.3) is 0 Å². The van der Waals surface area contributed by atoms with Gasteiger partial charge in [-0.25, -0.2) is 0 Å². The second kappa shape index (κ2) is 105. The Labute approximate surface area is 1270 Å². The van der Waals surface area contributed by atoms with Crippen LogP contribution in [0.2, 0.25) is 0 Å². The molecule has 0 aliphatic rings. The van der Waals surface area contributed by atoms with Crippen molar-refractivity contribution in [3.8, 4) is 0 Å². The van der Waals surface area contributed by atoms with E-state index in [0.29, 0.717) is 13.3 Å². The molecule has 0 aliphatic heterocycles. The first kappa shape index (κ1) is 175. The van der Waals surface area contributed by atoms with Gasteiger partial charge in [-0.2, -0.15) is 0 Å². The molecule has 0 spiro atoms. The Bertz CT molecular complexity index is 2130. The van der Waals surface area contributed by atoms with Crippen LogP contribution in [0.25, 0.3) is 0 Å². The molecule has 101 heteroatoms. The Morgan fingerprint density at radius 2 is 0.149 bits per heavy atom. The number of hydrogen-bond acceptors (Lipinski definition) is 0. The van der Waals surface area contributed by atoms with E-state index in [2.05, 4.69) is 949 Å². The Balaban J connectivity index is 5.90. The molecular weight excluding hydrogens is 12800 g/mol. The average molecular weight is 12800 g/mol. The van der Waals surface area contributed by atoms with E-state index in [1.807, 2.05) is 0 Å². The Morgan fingerprint density at radius 3 is 0.208 bits per heavy atom. The molecule has 0 aromatic carbocycles. The van der Waals surface area contributed by atoms with Crippen molar-refractivity contribution in [2.45, 2.75) is 0 Å². The molecule has 0 aromatic rings. The van der Waals surface area contributed by atoms with E-state index in [1.54, 1.807) is 0 Å². The summed E-state index contributed by atoms with van der Waals surface area (Å²) in [4.78, 5) is 0. The van der Waals surface area contributed by atoms with Gasteiger partial charge in [-0.3, -0.25) is 0 Å². The van der Waals surface area contributed by atoms with Crippen LogP contribution in [0, 0.1) is 0 Å². The average Bonchev–Trinajstić information content (AvgIpc) is 0.816. The predicted molar refractivity (Wildman–Crippen MR) is 1400 cm³/mol. The molecule has 708 valence electrons. The molecule has 0 saturated heterocycles. The van der Waals surface area contributed by atoms with E-state index in [-0.39, 0.29) is 0 Å². The standard InChI is InChI=1S/I101/c1-52-54(4)56(6)58(8)60(10)62(12)64(14)66(16)68(18)70(20)72(22)74(24)76(26)78(28)80(30)82(32)84(34)86(36)88(38)90(40)92(42)94(44)96(46)98(48)100(50)101(51)99(49)97(47)95(45)93(43)91(41)89(39)87(37)85(35)83(33)81(31)79(29)77(27)75(25)73(23)71(21)69(19)67(17)65(15)63(13)61(11)59(9)57(7)55(5)53(2)3/q-1. The summed E-state index contributed by atoms with van der Waals surface area (Å²) < 4.78 is 0. The van der Waals surface area contributed by atoms with E-state index < -0.39 is 387 Å². The maximum absolute atomic E-state index is 3.48. The summed E-state index contributed by atoms with van der Waals surface area (Å²) >= 11 is 174. The van der Waals surface area contributed by atoms with Gasteiger partial charge in [0.2, 0.25) is 0 Å². The van der Waals surface area contributed by atoms with Crippen molar-refractivity contribution in [3.05, 3.63) is 0 Å². The third-order valence-electron chi connectivity index (χ3n) is 3.96. The first-order chi connectivity index (χ1) is 46.0. The van der Waals surface area contributed by atoms with E-state index >= 15 is 0 Å². The molecule has 0 rings (SSSR count). The van der Waals surface area contributed by atoms with Crippen molar-refractivity contribution < 1.29 is 13.3 Å². The minimum atomic E-state index is -0.661. The van der Waals surface area contributed by atoms with Crippen LogP contribution in [-0.4, -0.2) is 0 Å². The van der Waals surface area contributed by atoms with Gasteiger partial charge in [0.05, 0.1) is 0 Å². The predicted octanol–water partition coefficient (Wildman–Crippen LogP) is 85.6. The summed E-state index contributed by atoms with van der Waals surface area (Å²) in [5.41, 5.74) is 0. The Hall–Kier alpha value is 73.7. The summed E-state index contributed by atoms with van der Waals surface area (Å²) in [6.45, 7) is 0. The molecule has 0 N–H and O–H groups in total. The summed E-state index contributed by atoms with van der Waals surface area (Å²) in [5.74, 6) is 0. The zero-order chi connectivity index (χ0) is 80.0. The summed E-state index contributed by atoms with van der Waals surface area (Å²) in [6, 6.07) is 0. The number of halogens is 101. The van der Waals surface area contributed by atoms with Gasteiger partial charge in [0.1, 0.15) is 0 Å². The van der Waals surface area contributed by atoms with Gasteiger partial charge in [-0.05, 0) is 0 Å². The molecule has 0 amide bonds. The second-order valence-corrected chi connectivity index (χ2v) is 2410. The molecule has 0 bridgehead atoms. The molecule has 101 heavy (non-hydrogen) atoms. The normalized spacial score (nSPS) is 19.1. The fraction of sp³-hybridized carbons (Fsp3) is 0. The Morgan fingerprint density at radius 1 is 0.0891 bits per heavy atom. The topological polar surface area (TPSA) is 0 Å². The first-order valence-electron chi connectivity index (χ1n) is 14.3. The molecule has 0 aliphatic carbocycles. The summed E-state index contributed by atoms with van der Waals surface area (Å²) in [6.07, 6.45) is 0.